The Morgan fingerprint density at radius 1 is 1.32 bits per heavy atom. The predicted molar refractivity (Wildman–Crippen MR) is 90.0 cm³/mol. The molecule has 1 amide bonds. The van der Waals surface area contributed by atoms with E-state index in [0.29, 0.717) is 5.13 Å². The van der Waals surface area contributed by atoms with Gasteiger partial charge in [0.05, 0.1) is 5.69 Å². The van der Waals surface area contributed by atoms with Gasteiger partial charge in [-0.1, -0.05) is 24.3 Å². The molecule has 0 bridgehead atoms. The molecule has 0 saturated heterocycles. The highest BCUT2D eigenvalue weighted by atomic mass is 32.1. The molecule has 0 atom stereocenters. The van der Waals surface area contributed by atoms with Gasteiger partial charge < -0.3 is 4.74 Å². The number of hydrogen-bond donors (Lipinski definition) is 1. The molecule has 4 nitrogen and oxygen atoms in total. The number of fused-ring (bicyclic) bond motifs is 1. The third kappa shape index (κ3) is 3.36. The van der Waals surface area contributed by atoms with Gasteiger partial charge in [0.1, 0.15) is 5.60 Å². The normalized spacial score (nSPS) is 13.5. The predicted octanol–water partition coefficient (Wildman–Crippen LogP) is 4.59. The number of allylic oxidation sites excluding steroid dienone is 1. The average molecular weight is 314 g/mol. The van der Waals surface area contributed by atoms with Crippen molar-refractivity contribution in [2.45, 2.75) is 32.8 Å². The summed E-state index contributed by atoms with van der Waals surface area (Å²) in [6.45, 7) is 5.50. The lowest BCUT2D eigenvalue weighted by Gasteiger charge is -2.18. The van der Waals surface area contributed by atoms with E-state index in [-0.39, 0.29) is 0 Å². The summed E-state index contributed by atoms with van der Waals surface area (Å²) in [4.78, 5) is 16.2. The van der Waals surface area contributed by atoms with E-state index in [2.05, 4.69) is 28.5 Å². The van der Waals surface area contributed by atoms with E-state index in [4.69, 9.17) is 4.74 Å². The number of nitrogens with one attached hydrogen (secondary N) is 1. The first-order chi connectivity index (χ1) is 10.4. The molecule has 1 aliphatic carbocycles. The van der Waals surface area contributed by atoms with Crippen molar-refractivity contribution >= 4 is 34.2 Å². The smallest absolute Gasteiger partial charge is 0.413 e. The molecule has 0 aliphatic heterocycles. The number of thiazole rings is 1. The minimum atomic E-state index is -0.514. The molecule has 2 aromatic rings. The van der Waals surface area contributed by atoms with Crippen LogP contribution in [0, 0.1) is 0 Å². The van der Waals surface area contributed by atoms with Crippen molar-refractivity contribution in [2.24, 2.45) is 0 Å². The van der Waals surface area contributed by atoms with E-state index in [9.17, 15) is 4.79 Å². The molecule has 0 fully saturated rings. The fourth-order valence-corrected chi connectivity index (χ4v) is 3.03. The standard InChI is InChI=1S/C17H18N2O2S/c1-17(2,3)21-16(20)19-15-18-14(10-22-15)13-8-11-6-4-5-7-12(11)9-13/h4-8,10H,9H2,1-3H3,(H,18,19,20). The van der Waals surface area contributed by atoms with Crippen molar-refractivity contribution in [1.82, 2.24) is 4.98 Å². The van der Waals surface area contributed by atoms with Crippen molar-refractivity contribution in [2.75, 3.05) is 5.32 Å². The van der Waals surface area contributed by atoms with Gasteiger partial charge in [-0.15, -0.1) is 11.3 Å². The van der Waals surface area contributed by atoms with Crippen LogP contribution in [-0.2, 0) is 11.2 Å². The molecule has 114 valence electrons. The van der Waals surface area contributed by atoms with Crippen LogP contribution >= 0.6 is 11.3 Å². The van der Waals surface area contributed by atoms with Gasteiger partial charge in [-0.05, 0) is 43.5 Å². The van der Waals surface area contributed by atoms with Crippen molar-refractivity contribution < 1.29 is 9.53 Å². The number of ether oxygens (including phenoxy) is 1. The molecule has 1 aromatic heterocycles. The highest BCUT2D eigenvalue weighted by Crippen LogP contribution is 2.32. The summed E-state index contributed by atoms with van der Waals surface area (Å²) in [5.74, 6) is 0. The second kappa shape index (κ2) is 5.57. The monoisotopic (exact) mass is 314 g/mol. The Labute approximate surface area is 133 Å². The number of carbonyl (C=O) groups is 1. The van der Waals surface area contributed by atoms with Crippen LogP contribution < -0.4 is 5.32 Å². The Morgan fingerprint density at radius 3 is 2.82 bits per heavy atom. The first-order valence-corrected chi connectivity index (χ1v) is 8.03. The van der Waals surface area contributed by atoms with E-state index in [0.717, 1.165) is 12.1 Å². The van der Waals surface area contributed by atoms with Crippen LogP contribution in [0.3, 0.4) is 0 Å². The summed E-state index contributed by atoms with van der Waals surface area (Å²) in [6.07, 6.45) is 2.56. The minimum absolute atomic E-state index is 0.475. The van der Waals surface area contributed by atoms with Crippen molar-refractivity contribution in [1.29, 1.82) is 0 Å². The average Bonchev–Trinajstić information content (AvgIpc) is 3.01. The third-order valence-corrected chi connectivity index (χ3v) is 3.96. The van der Waals surface area contributed by atoms with E-state index in [1.807, 2.05) is 38.3 Å². The van der Waals surface area contributed by atoms with Gasteiger partial charge in [-0.25, -0.2) is 9.78 Å². The first-order valence-electron chi connectivity index (χ1n) is 7.15. The van der Waals surface area contributed by atoms with Crippen LogP contribution in [0.15, 0.2) is 29.6 Å². The lowest BCUT2D eigenvalue weighted by atomic mass is 10.1. The molecular formula is C17H18N2O2S. The molecular weight excluding hydrogens is 296 g/mol. The van der Waals surface area contributed by atoms with Gasteiger partial charge >= 0.3 is 6.09 Å². The number of benzene rings is 1. The van der Waals surface area contributed by atoms with E-state index >= 15 is 0 Å². The van der Waals surface area contributed by atoms with Gasteiger partial charge in [0, 0.05) is 11.8 Å². The molecule has 22 heavy (non-hydrogen) atoms. The largest absolute Gasteiger partial charge is 0.444 e. The van der Waals surface area contributed by atoms with Crippen LogP contribution in [0.2, 0.25) is 0 Å². The van der Waals surface area contributed by atoms with Gasteiger partial charge in [0.25, 0.3) is 0 Å². The topological polar surface area (TPSA) is 51.2 Å². The fourth-order valence-electron chi connectivity index (χ4n) is 2.31. The van der Waals surface area contributed by atoms with Crippen molar-refractivity contribution in [3.05, 3.63) is 46.5 Å². The molecule has 1 N–H and O–H groups in total. The van der Waals surface area contributed by atoms with Crippen LogP contribution in [0.1, 0.15) is 37.6 Å². The highest BCUT2D eigenvalue weighted by molar-refractivity contribution is 7.14. The Bertz CT molecular complexity index is 741. The Hall–Kier alpha value is -2.14. The summed E-state index contributed by atoms with van der Waals surface area (Å²) >= 11 is 1.41. The maximum atomic E-state index is 11.8. The van der Waals surface area contributed by atoms with Gasteiger partial charge in [0.15, 0.2) is 5.13 Å². The molecule has 0 unspecified atom stereocenters. The van der Waals surface area contributed by atoms with Gasteiger partial charge in [-0.3, -0.25) is 5.32 Å². The van der Waals surface area contributed by atoms with E-state index < -0.39 is 11.7 Å². The number of hydrogen-bond acceptors (Lipinski definition) is 4. The molecule has 3 rings (SSSR count). The summed E-state index contributed by atoms with van der Waals surface area (Å²) in [5.41, 5.74) is 4.13. The number of amides is 1. The molecule has 5 heteroatoms. The second-order valence-electron chi connectivity index (χ2n) is 6.21. The fraction of sp³-hybridized carbons (Fsp3) is 0.294. The van der Waals surface area contributed by atoms with Crippen molar-refractivity contribution in [3.8, 4) is 0 Å². The van der Waals surface area contributed by atoms with Gasteiger partial charge in [0.2, 0.25) is 0 Å². The lowest BCUT2D eigenvalue weighted by molar-refractivity contribution is 0.0636. The maximum Gasteiger partial charge on any atom is 0.413 e. The van der Waals surface area contributed by atoms with Gasteiger partial charge in [-0.2, -0.15) is 0 Å². The number of aromatic nitrogens is 1. The van der Waals surface area contributed by atoms with Crippen LogP contribution in [-0.4, -0.2) is 16.7 Å². The Balaban J connectivity index is 1.69. The van der Waals surface area contributed by atoms with E-state index in [1.54, 1.807) is 0 Å². The molecule has 1 aliphatic rings. The van der Waals surface area contributed by atoms with Crippen molar-refractivity contribution in [3.63, 3.8) is 0 Å². The summed E-state index contributed by atoms with van der Waals surface area (Å²) in [5, 5.41) is 5.20. The second-order valence-corrected chi connectivity index (χ2v) is 7.07. The molecule has 0 spiro atoms. The zero-order valence-corrected chi connectivity index (χ0v) is 13.7. The summed E-state index contributed by atoms with van der Waals surface area (Å²) < 4.78 is 5.23. The highest BCUT2D eigenvalue weighted by Gasteiger charge is 2.19. The van der Waals surface area contributed by atoms with Crippen LogP contribution in [0.25, 0.3) is 11.6 Å². The number of rotatable bonds is 2. The molecule has 1 heterocycles. The quantitative estimate of drug-likeness (QED) is 0.882. The third-order valence-electron chi connectivity index (χ3n) is 3.21. The van der Waals surface area contributed by atoms with Crippen LogP contribution in [0.4, 0.5) is 9.93 Å². The summed E-state index contributed by atoms with van der Waals surface area (Å²) in [7, 11) is 0. The number of carbonyl (C=O) groups excluding carboxylic acids is 1. The summed E-state index contributed by atoms with van der Waals surface area (Å²) in [6, 6.07) is 8.32. The molecule has 1 aromatic carbocycles. The number of anilines is 1. The lowest BCUT2D eigenvalue weighted by Crippen LogP contribution is -2.27. The first kappa shape index (κ1) is 14.8. The molecule has 0 radical (unpaired) electrons. The Kier molecular flexibility index (Phi) is 3.74. The maximum absolute atomic E-state index is 11.8. The zero-order chi connectivity index (χ0) is 15.7. The number of nitrogens with zero attached hydrogens (tertiary/aromatic N) is 1. The zero-order valence-electron chi connectivity index (χ0n) is 12.8. The Morgan fingerprint density at radius 2 is 2.09 bits per heavy atom. The SMILES string of the molecule is CC(C)(C)OC(=O)Nc1nc(C2=Cc3ccccc3C2)cs1. The minimum Gasteiger partial charge on any atom is -0.444 e. The van der Waals surface area contributed by atoms with E-state index in [1.165, 1.54) is 28.0 Å². The molecule has 0 saturated carbocycles. The van der Waals surface area contributed by atoms with Crippen LogP contribution in [0.5, 0.6) is 0 Å².